The minimum atomic E-state index is -0.152. The van der Waals surface area contributed by atoms with Crippen LogP contribution in [-0.4, -0.2) is 12.6 Å². The van der Waals surface area contributed by atoms with Crippen molar-refractivity contribution in [3.63, 3.8) is 0 Å². The number of benzene rings is 1. The minimum Gasteiger partial charge on any atom is -0.368 e. The maximum absolute atomic E-state index is 13.8. The molecule has 0 radical (unpaired) electrons. The number of nitrogens with zero attached hydrogens (tertiary/aromatic N) is 1. The first-order valence-corrected chi connectivity index (χ1v) is 7.36. The van der Waals surface area contributed by atoms with Crippen molar-refractivity contribution in [2.75, 3.05) is 11.4 Å². The smallest absolute Gasteiger partial charge is 0.126 e. The highest BCUT2D eigenvalue weighted by Crippen LogP contribution is 2.33. The van der Waals surface area contributed by atoms with Crippen LogP contribution < -0.4 is 10.6 Å². The van der Waals surface area contributed by atoms with Gasteiger partial charge in [0.2, 0.25) is 0 Å². The van der Waals surface area contributed by atoms with Gasteiger partial charge in [0, 0.05) is 24.3 Å². The fraction of sp³-hybridized carbons (Fsp3) is 0.625. The quantitative estimate of drug-likeness (QED) is 0.896. The van der Waals surface area contributed by atoms with E-state index in [1.165, 1.54) is 19.3 Å². The van der Waals surface area contributed by atoms with Gasteiger partial charge in [0.05, 0.1) is 0 Å². The average molecular weight is 264 g/mol. The number of rotatable bonds is 3. The molecule has 0 aliphatic carbocycles. The molecule has 0 amide bonds. The van der Waals surface area contributed by atoms with E-state index in [9.17, 15) is 4.39 Å². The third kappa shape index (κ3) is 2.92. The first-order chi connectivity index (χ1) is 9.04. The summed E-state index contributed by atoms with van der Waals surface area (Å²) in [6.07, 6.45) is 4.87. The van der Waals surface area contributed by atoms with E-state index in [0.717, 1.165) is 24.2 Å². The zero-order chi connectivity index (χ0) is 14.0. The van der Waals surface area contributed by atoms with Gasteiger partial charge in [-0.3, -0.25) is 0 Å². The Kier molecular flexibility index (Phi) is 4.46. The molecule has 1 aromatic rings. The molecule has 19 heavy (non-hydrogen) atoms. The summed E-state index contributed by atoms with van der Waals surface area (Å²) in [7, 11) is 0. The second-order valence-corrected chi connectivity index (χ2v) is 5.70. The molecule has 1 heterocycles. The molecule has 2 nitrogen and oxygen atoms in total. The van der Waals surface area contributed by atoms with Gasteiger partial charge in [-0.1, -0.05) is 6.92 Å². The number of anilines is 1. The Labute approximate surface area is 115 Å². The van der Waals surface area contributed by atoms with Gasteiger partial charge in [-0.05, 0) is 62.8 Å². The average Bonchev–Trinajstić information content (AvgIpc) is 2.41. The Balaban J connectivity index is 2.44. The van der Waals surface area contributed by atoms with E-state index < -0.39 is 0 Å². The Hall–Kier alpha value is -1.09. The lowest BCUT2D eigenvalue weighted by Crippen LogP contribution is -2.40. The minimum absolute atomic E-state index is 0.135. The van der Waals surface area contributed by atoms with Crippen LogP contribution in [-0.2, 0) is 0 Å². The summed E-state index contributed by atoms with van der Waals surface area (Å²) in [6.45, 7) is 7.04. The Morgan fingerprint density at radius 1 is 1.42 bits per heavy atom. The van der Waals surface area contributed by atoms with Gasteiger partial charge in [0.15, 0.2) is 0 Å². The molecule has 106 valence electrons. The molecule has 2 atom stereocenters. The fourth-order valence-electron chi connectivity index (χ4n) is 3.04. The van der Waals surface area contributed by atoms with Crippen molar-refractivity contribution in [2.45, 2.75) is 58.5 Å². The van der Waals surface area contributed by atoms with E-state index in [4.69, 9.17) is 5.73 Å². The Bertz CT molecular complexity index is 443. The number of hydrogen-bond donors (Lipinski definition) is 1. The van der Waals surface area contributed by atoms with Crippen molar-refractivity contribution >= 4 is 5.69 Å². The second kappa shape index (κ2) is 5.91. The predicted molar refractivity (Wildman–Crippen MR) is 79.0 cm³/mol. The third-order valence-corrected chi connectivity index (χ3v) is 4.21. The predicted octanol–water partition coefficient (Wildman–Crippen LogP) is 3.92. The fourth-order valence-corrected chi connectivity index (χ4v) is 3.04. The molecule has 1 unspecified atom stereocenters. The first-order valence-electron chi connectivity index (χ1n) is 7.36. The maximum Gasteiger partial charge on any atom is 0.126 e. The molecule has 2 rings (SSSR count). The number of aryl methyl sites for hydroxylation is 1. The lowest BCUT2D eigenvalue weighted by molar-refractivity contribution is 0.448. The van der Waals surface area contributed by atoms with Crippen LogP contribution in [0.3, 0.4) is 0 Å². The van der Waals surface area contributed by atoms with Gasteiger partial charge >= 0.3 is 0 Å². The SMILES string of the molecule is CCC1CCCCN1c1cc(C)c(F)cc1[C@H](C)N. The van der Waals surface area contributed by atoms with Gasteiger partial charge in [-0.15, -0.1) is 0 Å². The summed E-state index contributed by atoms with van der Waals surface area (Å²) in [5, 5.41) is 0. The normalized spacial score (nSPS) is 21.5. The molecule has 1 aliphatic heterocycles. The van der Waals surface area contributed by atoms with E-state index in [2.05, 4.69) is 11.8 Å². The molecule has 0 aromatic heterocycles. The number of piperidine rings is 1. The Morgan fingerprint density at radius 3 is 2.79 bits per heavy atom. The van der Waals surface area contributed by atoms with Crippen LogP contribution in [0.5, 0.6) is 0 Å². The van der Waals surface area contributed by atoms with Gasteiger partial charge in [-0.25, -0.2) is 4.39 Å². The van der Waals surface area contributed by atoms with Crippen LogP contribution in [0.1, 0.15) is 56.7 Å². The second-order valence-electron chi connectivity index (χ2n) is 5.70. The lowest BCUT2D eigenvalue weighted by Gasteiger charge is -2.39. The van der Waals surface area contributed by atoms with E-state index in [0.29, 0.717) is 11.6 Å². The van der Waals surface area contributed by atoms with Crippen molar-refractivity contribution in [2.24, 2.45) is 5.73 Å². The van der Waals surface area contributed by atoms with Crippen molar-refractivity contribution < 1.29 is 4.39 Å². The van der Waals surface area contributed by atoms with Crippen LogP contribution >= 0.6 is 0 Å². The number of hydrogen-bond acceptors (Lipinski definition) is 2. The highest BCUT2D eigenvalue weighted by atomic mass is 19.1. The van der Waals surface area contributed by atoms with Crippen molar-refractivity contribution in [3.05, 3.63) is 29.1 Å². The lowest BCUT2D eigenvalue weighted by atomic mass is 9.95. The summed E-state index contributed by atoms with van der Waals surface area (Å²) in [5.41, 5.74) is 8.81. The van der Waals surface area contributed by atoms with Gasteiger partial charge in [-0.2, -0.15) is 0 Å². The van der Waals surface area contributed by atoms with Crippen LogP contribution in [0, 0.1) is 12.7 Å². The molecule has 0 saturated carbocycles. The number of nitrogens with two attached hydrogens (primary N) is 1. The van der Waals surface area contributed by atoms with E-state index in [1.54, 1.807) is 6.07 Å². The van der Waals surface area contributed by atoms with Crippen molar-refractivity contribution in [1.29, 1.82) is 0 Å². The Morgan fingerprint density at radius 2 is 2.16 bits per heavy atom. The molecule has 1 aliphatic rings. The summed E-state index contributed by atoms with van der Waals surface area (Å²) < 4.78 is 13.8. The monoisotopic (exact) mass is 264 g/mol. The zero-order valence-corrected chi connectivity index (χ0v) is 12.2. The van der Waals surface area contributed by atoms with Gasteiger partial charge in [0.1, 0.15) is 5.82 Å². The highest BCUT2D eigenvalue weighted by Gasteiger charge is 2.24. The van der Waals surface area contributed by atoms with E-state index in [1.807, 2.05) is 19.9 Å². The zero-order valence-electron chi connectivity index (χ0n) is 12.2. The molecule has 3 heteroatoms. The standard InChI is InChI=1S/C16H25FN2/c1-4-13-7-5-6-8-19(13)16-9-11(2)15(17)10-14(16)12(3)18/h9-10,12-13H,4-8,18H2,1-3H3/t12-,13?/m0/s1. The van der Waals surface area contributed by atoms with Gasteiger partial charge in [0.25, 0.3) is 0 Å². The van der Waals surface area contributed by atoms with Crippen molar-refractivity contribution in [3.8, 4) is 0 Å². The molecular formula is C16H25FN2. The molecule has 0 bridgehead atoms. The molecule has 0 spiro atoms. The van der Waals surface area contributed by atoms with E-state index >= 15 is 0 Å². The molecule has 1 fully saturated rings. The first kappa shape index (κ1) is 14.3. The number of halogens is 1. The molecular weight excluding hydrogens is 239 g/mol. The highest BCUT2D eigenvalue weighted by molar-refractivity contribution is 5.58. The summed E-state index contributed by atoms with van der Waals surface area (Å²) in [4.78, 5) is 2.44. The molecule has 2 N–H and O–H groups in total. The van der Waals surface area contributed by atoms with Crippen LogP contribution in [0.2, 0.25) is 0 Å². The molecule has 1 aromatic carbocycles. The third-order valence-electron chi connectivity index (χ3n) is 4.21. The summed E-state index contributed by atoms with van der Waals surface area (Å²) in [5.74, 6) is -0.152. The summed E-state index contributed by atoms with van der Waals surface area (Å²) >= 11 is 0. The topological polar surface area (TPSA) is 29.3 Å². The molecule has 1 saturated heterocycles. The van der Waals surface area contributed by atoms with Gasteiger partial charge < -0.3 is 10.6 Å². The van der Waals surface area contributed by atoms with Crippen LogP contribution in [0.15, 0.2) is 12.1 Å². The van der Waals surface area contributed by atoms with Crippen LogP contribution in [0.4, 0.5) is 10.1 Å². The van der Waals surface area contributed by atoms with E-state index in [-0.39, 0.29) is 11.9 Å². The van der Waals surface area contributed by atoms with Crippen molar-refractivity contribution in [1.82, 2.24) is 0 Å². The summed E-state index contributed by atoms with van der Waals surface area (Å²) in [6, 6.07) is 4.03. The largest absolute Gasteiger partial charge is 0.368 e. The van der Waals surface area contributed by atoms with Crippen LogP contribution in [0.25, 0.3) is 0 Å². The maximum atomic E-state index is 13.8.